The summed E-state index contributed by atoms with van der Waals surface area (Å²) in [6, 6.07) is 8.09. The van der Waals surface area contributed by atoms with Gasteiger partial charge in [0.05, 0.1) is 12.2 Å². The molecule has 0 aliphatic carbocycles. The zero-order valence-corrected chi connectivity index (χ0v) is 17.4. The molecule has 1 aromatic heterocycles. The van der Waals surface area contributed by atoms with Crippen molar-refractivity contribution < 1.29 is 18.7 Å². The summed E-state index contributed by atoms with van der Waals surface area (Å²) >= 11 is 0. The molecule has 3 rings (SSSR count). The van der Waals surface area contributed by atoms with Crippen molar-refractivity contribution >= 4 is 11.9 Å². The van der Waals surface area contributed by atoms with E-state index >= 15 is 0 Å². The van der Waals surface area contributed by atoms with Gasteiger partial charge in [0.1, 0.15) is 12.4 Å². The molecule has 1 aliphatic rings. The van der Waals surface area contributed by atoms with Crippen LogP contribution < -0.4 is 0 Å². The van der Waals surface area contributed by atoms with E-state index in [4.69, 9.17) is 4.74 Å². The molecule has 156 valence electrons. The van der Waals surface area contributed by atoms with E-state index in [1.165, 1.54) is 12.1 Å². The zero-order chi connectivity index (χ0) is 21.0. The molecule has 2 heterocycles. The molecule has 6 heteroatoms. The van der Waals surface area contributed by atoms with Crippen LogP contribution in [0.1, 0.15) is 55.6 Å². The lowest BCUT2D eigenvalue weighted by Crippen LogP contribution is -2.45. The number of hydrogen-bond acceptors (Lipinski definition) is 3. The molecule has 0 saturated carbocycles. The van der Waals surface area contributed by atoms with Crippen molar-refractivity contribution in [2.24, 2.45) is 0 Å². The minimum atomic E-state index is -0.413. The molecule has 29 heavy (non-hydrogen) atoms. The highest BCUT2D eigenvalue weighted by molar-refractivity contribution is 5.93. The summed E-state index contributed by atoms with van der Waals surface area (Å²) in [5, 5.41) is 0. The van der Waals surface area contributed by atoms with Crippen LogP contribution in [0.25, 0.3) is 11.3 Å². The van der Waals surface area contributed by atoms with Gasteiger partial charge in [-0.2, -0.15) is 0 Å². The molecule has 0 radical (unpaired) electrons. The number of likely N-dealkylation sites (tertiary alicyclic amines) is 1. The Morgan fingerprint density at radius 1 is 1.17 bits per heavy atom. The topological polar surface area (TPSA) is 51.5 Å². The second-order valence-corrected chi connectivity index (χ2v) is 7.49. The number of amides is 1. The van der Waals surface area contributed by atoms with E-state index in [2.05, 4.69) is 6.92 Å². The Morgan fingerprint density at radius 3 is 2.55 bits per heavy atom. The predicted molar refractivity (Wildman–Crippen MR) is 110 cm³/mol. The van der Waals surface area contributed by atoms with Gasteiger partial charge in [0.2, 0.25) is 5.91 Å². The Kier molecular flexibility index (Phi) is 6.72. The minimum Gasteiger partial charge on any atom is -0.462 e. The highest BCUT2D eigenvalue weighted by Crippen LogP contribution is 2.28. The molecule has 0 spiro atoms. The number of benzene rings is 1. The molecule has 1 fully saturated rings. The van der Waals surface area contributed by atoms with Crippen LogP contribution in [0.2, 0.25) is 0 Å². The van der Waals surface area contributed by atoms with Gasteiger partial charge in [-0.1, -0.05) is 6.92 Å². The first-order valence-electron chi connectivity index (χ1n) is 10.4. The number of hydrogen-bond donors (Lipinski definition) is 0. The Hall–Kier alpha value is -2.63. The first-order chi connectivity index (χ1) is 14.0. The number of piperidine rings is 1. The number of nitrogens with zero attached hydrogens (tertiary/aromatic N) is 2. The average molecular weight is 400 g/mol. The van der Waals surface area contributed by atoms with Crippen LogP contribution in [-0.2, 0) is 16.1 Å². The third-order valence-corrected chi connectivity index (χ3v) is 5.71. The van der Waals surface area contributed by atoms with Crippen molar-refractivity contribution in [2.75, 3.05) is 13.2 Å². The Labute approximate surface area is 171 Å². The van der Waals surface area contributed by atoms with Gasteiger partial charge in [0.25, 0.3) is 0 Å². The van der Waals surface area contributed by atoms with Crippen molar-refractivity contribution in [3.63, 3.8) is 0 Å². The first kappa shape index (κ1) is 21.1. The number of esters is 1. The lowest BCUT2D eigenvalue weighted by molar-refractivity contribution is -0.135. The molecule has 1 amide bonds. The van der Waals surface area contributed by atoms with E-state index < -0.39 is 5.97 Å². The van der Waals surface area contributed by atoms with Crippen LogP contribution in [-0.4, -0.2) is 40.5 Å². The van der Waals surface area contributed by atoms with Crippen LogP contribution in [0.4, 0.5) is 4.39 Å². The van der Waals surface area contributed by atoms with Gasteiger partial charge in [-0.05, 0) is 75.4 Å². The summed E-state index contributed by atoms with van der Waals surface area (Å²) in [4.78, 5) is 27.5. The van der Waals surface area contributed by atoms with E-state index in [-0.39, 0.29) is 30.9 Å². The third-order valence-electron chi connectivity index (χ3n) is 5.71. The fourth-order valence-electron chi connectivity index (χ4n) is 4.10. The maximum Gasteiger partial charge on any atom is 0.339 e. The number of halogens is 1. The largest absolute Gasteiger partial charge is 0.462 e. The van der Waals surface area contributed by atoms with Crippen LogP contribution in [0.15, 0.2) is 30.3 Å². The second-order valence-electron chi connectivity index (χ2n) is 7.49. The fourth-order valence-corrected chi connectivity index (χ4v) is 4.10. The van der Waals surface area contributed by atoms with Crippen molar-refractivity contribution in [1.29, 1.82) is 0 Å². The monoisotopic (exact) mass is 400 g/mol. The van der Waals surface area contributed by atoms with Crippen LogP contribution >= 0.6 is 0 Å². The Balaban J connectivity index is 1.98. The minimum absolute atomic E-state index is 0.0500. The van der Waals surface area contributed by atoms with Crippen LogP contribution in [0.3, 0.4) is 0 Å². The number of carbonyl (C=O) groups is 2. The first-order valence-corrected chi connectivity index (χ1v) is 10.4. The SMILES string of the molecule is CCOC(=O)c1cc(-c2ccc(F)cc2)n(CC(=O)N2CCCCC2CC)c1C. The van der Waals surface area contributed by atoms with E-state index in [0.717, 1.165) is 37.8 Å². The highest BCUT2D eigenvalue weighted by atomic mass is 19.1. The van der Waals surface area contributed by atoms with Gasteiger partial charge in [0, 0.05) is 24.0 Å². The number of ether oxygens (including phenoxy) is 1. The second kappa shape index (κ2) is 9.25. The number of rotatable bonds is 6. The van der Waals surface area contributed by atoms with E-state index in [9.17, 15) is 14.0 Å². The van der Waals surface area contributed by atoms with Gasteiger partial charge in [-0.3, -0.25) is 4.79 Å². The fraction of sp³-hybridized carbons (Fsp3) is 0.478. The summed E-state index contributed by atoms with van der Waals surface area (Å²) < 4.78 is 20.4. The number of aromatic nitrogens is 1. The molecule has 0 N–H and O–H groups in total. The van der Waals surface area contributed by atoms with Crippen molar-refractivity contribution in [3.05, 3.63) is 47.4 Å². The van der Waals surface area contributed by atoms with Gasteiger partial charge in [-0.15, -0.1) is 0 Å². The van der Waals surface area contributed by atoms with Crippen molar-refractivity contribution in [2.45, 2.75) is 59.0 Å². The third kappa shape index (κ3) is 4.52. The summed E-state index contributed by atoms with van der Waals surface area (Å²) in [6.07, 6.45) is 4.14. The summed E-state index contributed by atoms with van der Waals surface area (Å²) in [5.74, 6) is -0.692. The van der Waals surface area contributed by atoms with Gasteiger partial charge in [-0.25, -0.2) is 9.18 Å². The smallest absolute Gasteiger partial charge is 0.339 e. The van der Waals surface area contributed by atoms with Crippen LogP contribution in [0.5, 0.6) is 0 Å². The predicted octanol–water partition coefficient (Wildman–Crippen LogP) is 4.57. The maximum atomic E-state index is 13.4. The van der Waals surface area contributed by atoms with Crippen molar-refractivity contribution in [3.8, 4) is 11.3 Å². The molecule has 0 bridgehead atoms. The lowest BCUT2D eigenvalue weighted by Gasteiger charge is -2.35. The van der Waals surface area contributed by atoms with Gasteiger partial charge < -0.3 is 14.2 Å². The summed E-state index contributed by atoms with van der Waals surface area (Å²) in [5.41, 5.74) is 2.58. The normalized spacial score (nSPS) is 16.7. The maximum absolute atomic E-state index is 13.4. The molecule has 1 aromatic carbocycles. The van der Waals surface area contributed by atoms with E-state index in [1.807, 2.05) is 16.4 Å². The Bertz CT molecular complexity index is 873. The summed E-state index contributed by atoms with van der Waals surface area (Å²) in [6.45, 7) is 6.89. The molecule has 1 aliphatic heterocycles. The van der Waals surface area contributed by atoms with Crippen LogP contribution in [0, 0.1) is 12.7 Å². The molecule has 5 nitrogen and oxygen atoms in total. The van der Waals surface area contributed by atoms with Gasteiger partial charge >= 0.3 is 5.97 Å². The zero-order valence-electron chi connectivity index (χ0n) is 17.4. The standard InChI is InChI=1S/C23H29FN2O3/c1-4-19-8-6-7-13-25(19)22(27)15-26-16(3)20(23(28)29-5-2)14-21(26)17-9-11-18(24)12-10-17/h9-12,14,19H,4-8,13,15H2,1-3H3. The molecular weight excluding hydrogens is 371 g/mol. The van der Waals surface area contributed by atoms with E-state index in [1.54, 1.807) is 25.1 Å². The molecule has 1 unspecified atom stereocenters. The van der Waals surface area contributed by atoms with E-state index in [0.29, 0.717) is 17.0 Å². The summed E-state index contributed by atoms with van der Waals surface area (Å²) in [7, 11) is 0. The lowest BCUT2D eigenvalue weighted by atomic mass is 10.00. The average Bonchev–Trinajstić information content (AvgIpc) is 3.05. The van der Waals surface area contributed by atoms with Gasteiger partial charge in [0.15, 0.2) is 0 Å². The Morgan fingerprint density at radius 2 is 1.90 bits per heavy atom. The molecule has 1 atom stereocenters. The molecule has 1 saturated heterocycles. The van der Waals surface area contributed by atoms with Crippen molar-refractivity contribution in [1.82, 2.24) is 9.47 Å². The molecular formula is C23H29FN2O3. The number of carbonyl (C=O) groups excluding carboxylic acids is 2. The quantitative estimate of drug-likeness (QED) is 0.668. The highest BCUT2D eigenvalue weighted by Gasteiger charge is 2.27. The molecule has 2 aromatic rings.